The molecule has 2 unspecified atom stereocenters. The number of benzene rings is 1. The van der Waals surface area contributed by atoms with Gasteiger partial charge >= 0.3 is 5.69 Å². The van der Waals surface area contributed by atoms with Crippen molar-refractivity contribution >= 4 is 17.5 Å². The van der Waals surface area contributed by atoms with Gasteiger partial charge in [0, 0.05) is 12.1 Å². The van der Waals surface area contributed by atoms with E-state index in [1.807, 2.05) is 13.8 Å². The van der Waals surface area contributed by atoms with E-state index in [9.17, 15) is 19.7 Å². The first-order valence-corrected chi connectivity index (χ1v) is 8.30. The highest BCUT2D eigenvalue weighted by Gasteiger charge is 2.33. The lowest BCUT2D eigenvalue weighted by Gasteiger charge is -2.18. The van der Waals surface area contributed by atoms with Crippen molar-refractivity contribution in [1.82, 2.24) is 10.6 Å². The maximum absolute atomic E-state index is 12.6. The monoisotopic (exact) mass is 383 g/mol. The van der Waals surface area contributed by atoms with Crippen molar-refractivity contribution in [3.63, 3.8) is 0 Å². The van der Waals surface area contributed by atoms with Gasteiger partial charge in [-0.05, 0) is 20.3 Å². The van der Waals surface area contributed by atoms with Crippen molar-refractivity contribution in [3.8, 4) is 17.2 Å². The molecule has 0 fully saturated rings. The van der Waals surface area contributed by atoms with Gasteiger partial charge in [-0.25, -0.2) is 0 Å². The molecule has 0 heterocycles. The highest BCUT2D eigenvalue weighted by molar-refractivity contribution is 6.02. The van der Waals surface area contributed by atoms with Crippen LogP contribution in [0.15, 0.2) is 6.07 Å². The maximum Gasteiger partial charge on any atom is 0.327 e. The average molecular weight is 383 g/mol. The van der Waals surface area contributed by atoms with Crippen LogP contribution in [-0.4, -0.2) is 50.2 Å². The minimum atomic E-state index is -0.898. The fourth-order valence-corrected chi connectivity index (χ4v) is 2.31. The van der Waals surface area contributed by atoms with Crippen LogP contribution < -0.4 is 24.8 Å². The second kappa shape index (κ2) is 9.60. The van der Waals surface area contributed by atoms with E-state index < -0.39 is 28.5 Å². The molecule has 0 bridgehead atoms. The van der Waals surface area contributed by atoms with Gasteiger partial charge in [0.2, 0.25) is 17.4 Å². The molecule has 0 radical (unpaired) electrons. The van der Waals surface area contributed by atoms with E-state index in [4.69, 9.17) is 14.2 Å². The zero-order valence-corrected chi connectivity index (χ0v) is 16.2. The van der Waals surface area contributed by atoms with Crippen LogP contribution in [-0.2, 0) is 4.79 Å². The van der Waals surface area contributed by atoms with Crippen molar-refractivity contribution < 1.29 is 28.7 Å². The van der Waals surface area contributed by atoms with Gasteiger partial charge < -0.3 is 24.8 Å². The lowest BCUT2D eigenvalue weighted by atomic mass is 10.1. The third kappa shape index (κ3) is 4.99. The van der Waals surface area contributed by atoms with E-state index in [-0.39, 0.29) is 28.9 Å². The van der Waals surface area contributed by atoms with E-state index in [2.05, 4.69) is 10.6 Å². The fourth-order valence-electron chi connectivity index (χ4n) is 2.31. The molecule has 10 heteroatoms. The maximum atomic E-state index is 12.6. The third-order valence-electron chi connectivity index (χ3n) is 3.97. The number of nitro groups is 1. The summed E-state index contributed by atoms with van der Waals surface area (Å²) in [6, 6.07) is 0.214. The van der Waals surface area contributed by atoms with Crippen molar-refractivity contribution in [1.29, 1.82) is 0 Å². The van der Waals surface area contributed by atoms with Crippen LogP contribution in [0.3, 0.4) is 0 Å². The molecule has 1 aromatic rings. The number of methoxy groups -OCH3 is 3. The molecule has 0 spiro atoms. The third-order valence-corrected chi connectivity index (χ3v) is 3.97. The number of nitrogens with one attached hydrogen (secondary N) is 2. The fraction of sp³-hybridized carbons (Fsp3) is 0.529. The number of amides is 2. The van der Waals surface area contributed by atoms with Crippen molar-refractivity contribution in [3.05, 3.63) is 21.7 Å². The molecule has 2 N–H and O–H groups in total. The lowest BCUT2D eigenvalue weighted by molar-refractivity contribution is -0.386. The second-order valence-electron chi connectivity index (χ2n) is 5.81. The molecule has 2 amide bonds. The molecule has 0 aliphatic carbocycles. The predicted octanol–water partition coefficient (Wildman–Crippen LogP) is 1.65. The normalized spacial score (nSPS) is 12.5. The first kappa shape index (κ1) is 22.0. The second-order valence-corrected chi connectivity index (χ2v) is 5.81. The number of nitrogens with zero attached hydrogens (tertiary/aromatic N) is 1. The predicted molar refractivity (Wildman–Crippen MR) is 97.6 cm³/mol. The summed E-state index contributed by atoms with van der Waals surface area (Å²) in [5.41, 5.74) is -0.889. The van der Waals surface area contributed by atoms with Crippen LogP contribution >= 0.6 is 0 Å². The minimum absolute atomic E-state index is 0.00851. The Hall–Kier alpha value is -3.04. The highest BCUT2D eigenvalue weighted by atomic mass is 16.6. The Bertz CT molecular complexity index is 721. The topological polar surface area (TPSA) is 129 Å². The molecule has 2 atom stereocenters. The Morgan fingerprint density at radius 2 is 1.70 bits per heavy atom. The molecule has 0 aliphatic rings. The van der Waals surface area contributed by atoms with Gasteiger partial charge in [-0.15, -0.1) is 0 Å². The van der Waals surface area contributed by atoms with Gasteiger partial charge in [-0.3, -0.25) is 19.7 Å². The largest absolute Gasteiger partial charge is 0.493 e. The van der Waals surface area contributed by atoms with Crippen LogP contribution in [0.2, 0.25) is 0 Å². The summed E-state index contributed by atoms with van der Waals surface area (Å²) in [5.74, 6) is -1.38. The average Bonchev–Trinajstić information content (AvgIpc) is 2.65. The number of rotatable bonds is 9. The van der Waals surface area contributed by atoms with E-state index in [1.165, 1.54) is 34.3 Å². The zero-order valence-electron chi connectivity index (χ0n) is 16.2. The Labute approximate surface area is 157 Å². The molecular formula is C17H25N3O7. The van der Waals surface area contributed by atoms with Gasteiger partial charge in [-0.2, -0.15) is 0 Å². The number of hydrogen-bond donors (Lipinski definition) is 2. The Balaban J connectivity index is 3.29. The lowest BCUT2D eigenvalue weighted by Crippen LogP contribution is -2.47. The Morgan fingerprint density at radius 1 is 1.11 bits per heavy atom. The molecular weight excluding hydrogens is 358 g/mol. The summed E-state index contributed by atoms with van der Waals surface area (Å²) in [7, 11) is 3.84. The minimum Gasteiger partial charge on any atom is -0.493 e. The van der Waals surface area contributed by atoms with Crippen LogP contribution in [0.4, 0.5) is 5.69 Å². The SMILES string of the molecule is CCC(C)NC(=O)C(C)NC(=O)c1cc(OC)c(OC)c(OC)c1[N+](=O)[O-]. The molecule has 0 aromatic heterocycles. The summed E-state index contributed by atoms with van der Waals surface area (Å²) in [6.45, 7) is 5.23. The summed E-state index contributed by atoms with van der Waals surface area (Å²) in [6.07, 6.45) is 0.727. The number of nitro benzene ring substituents is 1. The van der Waals surface area contributed by atoms with Crippen molar-refractivity contribution in [2.24, 2.45) is 0 Å². The van der Waals surface area contributed by atoms with Crippen molar-refractivity contribution in [2.45, 2.75) is 39.3 Å². The van der Waals surface area contributed by atoms with Gasteiger partial charge in [-0.1, -0.05) is 6.92 Å². The number of hydrogen-bond acceptors (Lipinski definition) is 7. The Kier molecular flexibility index (Phi) is 7.82. The molecule has 1 rings (SSSR count). The smallest absolute Gasteiger partial charge is 0.327 e. The quantitative estimate of drug-likeness (QED) is 0.490. The van der Waals surface area contributed by atoms with Crippen LogP contribution in [0.5, 0.6) is 17.2 Å². The first-order chi connectivity index (χ1) is 12.7. The molecule has 0 saturated heterocycles. The molecule has 1 aromatic carbocycles. The molecule has 27 heavy (non-hydrogen) atoms. The molecule has 10 nitrogen and oxygen atoms in total. The number of carbonyl (C=O) groups excluding carboxylic acids is 2. The van der Waals surface area contributed by atoms with E-state index in [0.717, 1.165) is 6.42 Å². The standard InChI is InChI=1S/C17H25N3O7/c1-7-9(2)18-16(21)10(3)19-17(22)11-8-12(25-4)14(26-5)15(27-6)13(11)20(23)24/h8-10H,7H2,1-6H3,(H,18,21)(H,19,22). The molecule has 150 valence electrons. The Morgan fingerprint density at radius 3 is 2.15 bits per heavy atom. The molecule has 0 aliphatic heterocycles. The first-order valence-electron chi connectivity index (χ1n) is 8.30. The van der Waals surface area contributed by atoms with Crippen LogP contribution in [0, 0.1) is 10.1 Å². The van der Waals surface area contributed by atoms with E-state index in [1.54, 1.807) is 0 Å². The van der Waals surface area contributed by atoms with Crippen LogP contribution in [0.1, 0.15) is 37.6 Å². The number of ether oxygens (including phenoxy) is 3. The molecule has 0 saturated carbocycles. The van der Waals surface area contributed by atoms with Gasteiger partial charge in [0.05, 0.1) is 26.3 Å². The highest BCUT2D eigenvalue weighted by Crippen LogP contribution is 2.46. The summed E-state index contributed by atoms with van der Waals surface area (Å²) in [4.78, 5) is 35.5. The van der Waals surface area contributed by atoms with Gasteiger partial charge in [0.1, 0.15) is 11.6 Å². The number of carbonyl (C=O) groups is 2. The van der Waals surface area contributed by atoms with E-state index in [0.29, 0.717) is 0 Å². The van der Waals surface area contributed by atoms with Crippen molar-refractivity contribution in [2.75, 3.05) is 21.3 Å². The summed E-state index contributed by atoms with van der Waals surface area (Å²) >= 11 is 0. The zero-order chi connectivity index (χ0) is 20.7. The summed E-state index contributed by atoms with van der Waals surface area (Å²) < 4.78 is 15.3. The van der Waals surface area contributed by atoms with Gasteiger partial charge in [0.25, 0.3) is 5.91 Å². The van der Waals surface area contributed by atoms with E-state index >= 15 is 0 Å². The van der Waals surface area contributed by atoms with Gasteiger partial charge in [0.15, 0.2) is 5.75 Å². The van der Waals surface area contributed by atoms with Crippen LogP contribution in [0.25, 0.3) is 0 Å². The summed E-state index contributed by atoms with van der Waals surface area (Å²) in [5, 5.41) is 16.7.